The lowest BCUT2D eigenvalue weighted by Crippen LogP contribution is -2.00. The normalized spacial score (nSPS) is 10.2. The van der Waals surface area contributed by atoms with E-state index < -0.39 is 4.92 Å². The summed E-state index contributed by atoms with van der Waals surface area (Å²) < 4.78 is 5.05. The first kappa shape index (κ1) is 12.7. The van der Waals surface area contributed by atoms with Crippen molar-refractivity contribution in [2.75, 3.05) is 5.32 Å². The van der Waals surface area contributed by atoms with E-state index in [1.165, 1.54) is 12.1 Å². The maximum absolute atomic E-state index is 10.8. The van der Waals surface area contributed by atoms with Gasteiger partial charge in [0.15, 0.2) is 0 Å². The number of carbonyl (C=O) groups is 1. The second-order valence-corrected chi connectivity index (χ2v) is 3.95. The van der Waals surface area contributed by atoms with Crippen molar-refractivity contribution in [1.82, 2.24) is 5.16 Å². The van der Waals surface area contributed by atoms with Gasteiger partial charge in [-0.3, -0.25) is 14.9 Å². The van der Waals surface area contributed by atoms with Crippen LogP contribution in [0.2, 0.25) is 0 Å². The summed E-state index contributed by atoms with van der Waals surface area (Å²) in [5, 5.41) is 17.0. The van der Waals surface area contributed by atoms with E-state index in [9.17, 15) is 14.9 Å². The number of hydrogen-bond acceptors (Lipinski definition) is 5. The number of nitro groups is 1. The molecule has 2 rings (SSSR count). The molecule has 0 radical (unpaired) electrons. The largest absolute Gasteiger partial charge is 0.361 e. The molecule has 0 fully saturated rings. The van der Waals surface area contributed by atoms with E-state index in [1.54, 1.807) is 19.9 Å². The third kappa shape index (κ3) is 2.30. The Morgan fingerprint density at radius 3 is 2.68 bits per heavy atom. The molecule has 1 amide bonds. The summed E-state index contributed by atoms with van der Waals surface area (Å²) in [4.78, 5) is 20.8. The van der Waals surface area contributed by atoms with Crippen LogP contribution in [0.5, 0.6) is 0 Å². The molecule has 0 unspecified atom stereocenters. The average Bonchev–Trinajstić information content (AvgIpc) is 2.69. The monoisotopic (exact) mass is 261 g/mol. The molecule has 98 valence electrons. The van der Waals surface area contributed by atoms with Gasteiger partial charge in [0.1, 0.15) is 11.4 Å². The van der Waals surface area contributed by atoms with E-state index in [-0.39, 0.29) is 11.4 Å². The van der Waals surface area contributed by atoms with Crippen molar-refractivity contribution in [1.29, 1.82) is 0 Å². The molecule has 1 heterocycles. The van der Waals surface area contributed by atoms with Crippen molar-refractivity contribution in [3.8, 4) is 11.1 Å². The van der Waals surface area contributed by atoms with E-state index >= 15 is 0 Å². The minimum Gasteiger partial charge on any atom is -0.361 e. The summed E-state index contributed by atoms with van der Waals surface area (Å²) in [5.74, 6) is 0.614. The molecule has 0 aliphatic carbocycles. The number of anilines is 1. The zero-order valence-corrected chi connectivity index (χ0v) is 10.3. The summed E-state index contributed by atoms with van der Waals surface area (Å²) in [5.41, 5.74) is 2.12. The summed E-state index contributed by atoms with van der Waals surface area (Å²) in [6.45, 7) is 3.53. The molecular weight excluding hydrogens is 250 g/mol. The number of nitrogens with zero attached hydrogens (tertiary/aromatic N) is 2. The van der Waals surface area contributed by atoms with Gasteiger partial charge < -0.3 is 9.84 Å². The Hall–Kier alpha value is -2.70. The van der Waals surface area contributed by atoms with Crippen LogP contribution < -0.4 is 5.32 Å². The van der Waals surface area contributed by atoms with Gasteiger partial charge >= 0.3 is 0 Å². The molecule has 19 heavy (non-hydrogen) atoms. The van der Waals surface area contributed by atoms with E-state index in [1.807, 2.05) is 0 Å². The highest BCUT2D eigenvalue weighted by molar-refractivity contribution is 5.82. The van der Waals surface area contributed by atoms with Gasteiger partial charge in [-0.2, -0.15) is 0 Å². The van der Waals surface area contributed by atoms with Crippen LogP contribution in [0, 0.1) is 24.0 Å². The molecule has 0 spiro atoms. The van der Waals surface area contributed by atoms with Crippen molar-refractivity contribution in [3.05, 3.63) is 39.8 Å². The third-order valence-corrected chi connectivity index (χ3v) is 2.73. The standard InChI is InChI=1S/C12H11N3O4/c1-7-12(8(2)19-14-7)9-3-4-11(15(17)18)10(5-9)13-6-16/h3-6H,1-2H3,(H,13,16). The number of nitro benzene ring substituents is 1. The number of aryl methyl sites for hydroxylation is 2. The van der Waals surface area contributed by atoms with E-state index in [2.05, 4.69) is 10.5 Å². The number of rotatable bonds is 4. The highest BCUT2D eigenvalue weighted by Gasteiger charge is 2.17. The van der Waals surface area contributed by atoms with Gasteiger partial charge in [0, 0.05) is 11.6 Å². The van der Waals surface area contributed by atoms with Crippen molar-refractivity contribution in [2.24, 2.45) is 0 Å². The second-order valence-electron chi connectivity index (χ2n) is 3.95. The number of aromatic nitrogens is 1. The van der Waals surface area contributed by atoms with Crippen LogP contribution in [0.4, 0.5) is 11.4 Å². The van der Waals surface area contributed by atoms with Crippen molar-refractivity contribution in [3.63, 3.8) is 0 Å². The van der Waals surface area contributed by atoms with Crippen LogP contribution in [0.1, 0.15) is 11.5 Å². The predicted octanol–water partition coefficient (Wildman–Crippen LogP) is 2.43. The Kier molecular flexibility index (Phi) is 3.28. The highest BCUT2D eigenvalue weighted by atomic mass is 16.6. The molecule has 7 nitrogen and oxygen atoms in total. The van der Waals surface area contributed by atoms with Crippen molar-refractivity contribution < 1.29 is 14.2 Å². The predicted molar refractivity (Wildman–Crippen MR) is 67.8 cm³/mol. The van der Waals surface area contributed by atoms with Gasteiger partial charge in [-0.15, -0.1) is 0 Å². The molecule has 0 saturated carbocycles. The lowest BCUT2D eigenvalue weighted by Gasteiger charge is -2.05. The molecule has 0 aliphatic rings. The quantitative estimate of drug-likeness (QED) is 0.517. The van der Waals surface area contributed by atoms with Crippen molar-refractivity contribution >= 4 is 17.8 Å². The van der Waals surface area contributed by atoms with Crippen LogP contribution in [-0.2, 0) is 4.79 Å². The SMILES string of the molecule is Cc1noc(C)c1-c1ccc([N+](=O)[O-])c(NC=O)c1. The number of carbonyl (C=O) groups excluding carboxylic acids is 1. The maximum atomic E-state index is 10.8. The Balaban J connectivity index is 2.58. The van der Waals surface area contributed by atoms with Crippen LogP contribution in [0.15, 0.2) is 22.7 Å². The van der Waals surface area contributed by atoms with Gasteiger partial charge in [0.2, 0.25) is 6.41 Å². The second kappa shape index (κ2) is 4.89. The van der Waals surface area contributed by atoms with E-state index in [0.717, 1.165) is 5.56 Å². The fourth-order valence-electron chi connectivity index (χ4n) is 1.92. The summed E-state index contributed by atoms with van der Waals surface area (Å²) in [7, 11) is 0. The first-order valence-electron chi connectivity index (χ1n) is 5.46. The average molecular weight is 261 g/mol. The zero-order chi connectivity index (χ0) is 14.0. The molecule has 2 aromatic rings. The first-order valence-corrected chi connectivity index (χ1v) is 5.46. The molecule has 0 bridgehead atoms. The number of benzene rings is 1. The molecular formula is C12H11N3O4. The first-order chi connectivity index (χ1) is 9.04. The minimum absolute atomic E-state index is 0.137. The number of hydrogen-bond donors (Lipinski definition) is 1. The van der Waals surface area contributed by atoms with Crippen LogP contribution in [-0.4, -0.2) is 16.5 Å². The van der Waals surface area contributed by atoms with Crippen LogP contribution in [0.25, 0.3) is 11.1 Å². The molecule has 7 heteroatoms. The smallest absolute Gasteiger partial charge is 0.292 e. The zero-order valence-electron chi connectivity index (χ0n) is 10.3. The van der Waals surface area contributed by atoms with Gasteiger partial charge in [0.05, 0.1) is 10.6 Å². The maximum Gasteiger partial charge on any atom is 0.292 e. The van der Waals surface area contributed by atoms with Gasteiger partial charge in [-0.05, 0) is 31.5 Å². The van der Waals surface area contributed by atoms with E-state index in [0.29, 0.717) is 23.4 Å². The van der Waals surface area contributed by atoms with Crippen molar-refractivity contribution in [2.45, 2.75) is 13.8 Å². The van der Waals surface area contributed by atoms with Crippen LogP contribution in [0.3, 0.4) is 0 Å². The lowest BCUT2D eigenvalue weighted by molar-refractivity contribution is -0.383. The molecule has 0 atom stereocenters. The summed E-state index contributed by atoms with van der Waals surface area (Å²) in [6.07, 6.45) is 0.402. The van der Waals surface area contributed by atoms with Gasteiger partial charge in [-0.25, -0.2) is 0 Å². The Labute approximate surface area is 108 Å². The minimum atomic E-state index is -0.553. The highest BCUT2D eigenvalue weighted by Crippen LogP contribution is 2.33. The van der Waals surface area contributed by atoms with Gasteiger partial charge in [0.25, 0.3) is 5.69 Å². The Morgan fingerprint density at radius 1 is 1.42 bits per heavy atom. The molecule has 1 aromatic carbocycles. The third-order valence-electron chi connectivity index (χ3n) is 2.73. The van der Waals surface area contributed by atoms with Gasteiger partial charge in [-0.1, -0.05) is 5.16 Å². The van der Waals surface area contributed by atoms with Crippen LogP contribution >= 0.6 is 0 Å². The molecule has 1 N–H and O–H groups in total. The Morgan fingerprint density at radius 2 is 2.16 bits per heavy atom. The molecule has 0 aliphatic heterocycles. The fraction of sp³-hybridized carbons (Fsp3) is 0.167. The fourth-order valence-corrected chi connectivity index (χ4v) is 1.92. The Bertz CT molecular complexity index is 629. The number of amides is 1. The number of nitrogens with one attached hydrogen (secondary N) is 1. The lowest BCUT2D eigenvalue weighted by atomic mass is 10.0. The molecule has 1 aromatic heterocycles. The summed E-state index contributed by atoms with van der Waals surface area (Å²) >= 11 is 0. The summed E-state index contributed by atoms with van der Waals surface area (Å²) in [6, 6.07) is 4.47. The molecule has 0 saturated heterocycles. The van der Waals surface area contributed by atoms with E-state index in [4.69, 9.17) is 4.52 Å². The topological polar surface area (TPSA) is 98.3 Å².